The highest BCUT2D eigenvalue weighted by atomic mass is 32.1. The van der Waals surface area contributed by atoms with Crippen LogP contribution in [0.15, 0.2) is 36.0 Å². The minimum absolute atomic E-state index is 0.255. The van der Waals surface area contributed by atoms with Crippen LogP contribution in [0.1, 0.15) is 16.2 Å². The molecule has 6 nitrogen and oxygen atoms in total. The lowest BCUT2D eigenvalue weighted by Crippen LogP contribution is -2.12. The van der Waals surface area contributed by atoms with Gasteiger partial charge in [-0.25, -0.2) is 4.98 Å². The highest BCUT2D eigenvalue weighted by Crippen LogP contribution is 2.24. The molecule has 0 radical (unpaired) electrons. The molecule has 106 valence electrons. The molecule has 3 heterocycles. The van der Waals surface area contributed by atoms with Crippen molar-refractivity contribution < 1.29 is 4.79 Å². The monoisotopic (exact) mass is 299 g/mol. The van der Waals surface area contributed by atoms with Gasteiger partial charge < -0.3 is 0 Å². The lowest BCUT2D eigenvalue weighted by Gasteiger charge is -1.98. The molecule has 1 N–H and O–H groups in total. The molecular weight excluding hydrogens is 286 g/mol. The quantitative estimate of drug-likeness (QED) is 0.806. The number of thiazole rings is 1. The average molecular weight is 299 g/mol. The highest BCUT2D eigenvalue weighted by Gasteiger charge is 2.13. The summed E-state index contributed by atoms with van der Waals surface area (Å²) >= 11 is 1.38. The predicted octanol–water partition coefficient (Wildman–Crippen LogP) is 2.50. The van der Waals surface area contributed by atoms with Crippen LogP contribution in [-0.2, 0) is 7.05 Å². The predicted molar refractivity (Wildman–Crippen MR) is 81.2 cm³/mol. The van der Waals surface area contributed by atoms with Gasteiger partial charge in [-0.15, -0.1) is 11.3 Å². The van der Waals surface area contributed by atoms with Gasteiger partial charge in [-0.05, 0) is 25.1 Å². The summed E-state index contributed by atoms with van der Waals surface area (Å²) in [5, 5.41) is 9.36. The Bertz CT molecular complexity index is 758. The maximum Gasteiger partial charge on any atom is 0.277 e. The van der Waals surface area contributed by atoms with Crippen molar-refractivity contribution in [1.82, 2.24) is 19.7 Å². The Balaban J connectivity index is 1.77. The zero-order chi connectivity index (χ0) is 14.8. The number of rotatable bonds is 3. The average Bonchev–Trinajstić information content (AvgIpc) is 3.08. The van der Waals surface area contributed by atoms with Crippen LogP contribution in [0.2, 0.25) is 0 Å². The largest absolute Gasteiger partial charge is 0.296 e. The number of aromatic nitrogens is 4. The molecule has 3 aromatic heterocycles. The fraction of sp³-hybridized carbons (Fsp3) is 0.143. The standard InChI is InChI=1S/C14H13N5OS/c1-9-7-11(18-19(9)2)13(20)17-14-16-12(8-21-14)10-3-5-15-6-4-10/h3-8H,1-2H3,(H,16,17,20). The van der Waals surface area contributed by atoms with E-state index >= 15 is 0 Å². The SMILES string of the molecule is Cc1cc(C(=O)Nc2nc(-c3ccncc3)cs2)nn1C. The molecule has 0 saturated carbocycles. The Hall–Kier alpha value is -2.54. The topological polar surface area (TPSA) is 72.7 Å². The molecule has 7 heteroatoms. The Morgan fingerprint density at radius 3 is 2.76 bits per heavy atom. The van der Waals surface area contributed by atoms with E-state index < -0.39 is 0 Å². The van der Waals surface area contributed by atoms with Crippen molar-refractivity contribution >= 4 is 22.4 Å². The third-order valence-electron chi connectivity index (χ3n) is 3.05. The number of nitrogens with zero attached hydrogens (tertiary/aromatic N) is 4. The Kier molecular flexibility index (Phi) is 3.49. The number of hydrogen-bond acceptors (Lipinski definition) is 5. The van der Waals surface area contributed by atoms with Crippen LogP contribution in [0.3, 0.4) is 0 Å². The molecule has 0 aliphatic heterocycles. The summed E-state index contributed by atoms with van der Waals surface area (Å²) in [7, 11) is 1.80. The summed E-state index contributed by atoms with van der Waals surface area (Å²) in [6.45, 7) is 1.90. The van der Waals surface area contributed by atoms with Crippen molar-refractivity contribution in [1.29, 1.82) is 0 Å². The summed E-state index contributed by atoms with van der Waals surface area (Å²) in [4.78, 5) is 20.5. The first kappa shape index (κ1) is 13.4. The van der Waals surface area contributed by atoms with Gasteiger partial charge in [0.2, 0.25) is 0 Å². The molecule has 0 atom stereocenters. The van der Waals surface area contributed by atoms with Gasteiger partial charge in [-0.2, -0.15) is 5.10 Å². The number of anilines is 1. The highest BCUT2D eigenvalue weighted by molar-refractivity contribution is 7.14. The minimum atomic E-state index is -0.255. The molecule has 0 unspecified atom stereocenters. The first-order valence-corrected chi connectivity index (χ1v) is 7.19. The Morgan fingerprint density at radius 1 is 1.33 bits per heavy atom. The van der Waals surface area contributed by atoms with Crippen molar-refractivity contribution in [3.63, 3.8) is 0 Å². The Labute approximate surface area is 125 Å². The fourth-order valence-corrected chi connectivity index (χ4v) is 2.53. The maximum atomic E-state index is 12.1. The smallest absolute Gasteiger partial charge is 0.277 e. The van der Waals surface area contributed by atoms with Crippen LogP contribution in [0, 0.1) is 6.92 Å². The molecule has 0 aliphatic rings. The van der Waals surface area contributed by atoms with Crippen LogP contribution >= 0.6 is 11.3 Å². The van der Waals surface area contributed by atoms with Gasteiger partial charge in [0.05, 0.1) is 5.69 Å². The maximum absolute atomic E-state index is 12.1. The van der Waals surface area contributed by atoms with E-state index in [1.165, 1.54) is 11.3 Å². The summed E-state index contributed by atoms with van der Waals surface area (Å²) in [5.74, 6) is -0.255. The third kappa shape index (κ3) is 2.82. The van der Waals surface area contributed by atoms with Gasteiger partial charge in [-0.3, -0.25) is 19.8 Å². The summed E-state index contributed by atoms with van der Waals surface area (Å²) in [5.41, 5.74) is 3.10. The van der Waals surface area contributed by atoms with Crippen LogP contribution in [0.4, 0.5) is 5.13 Å². The van der Waals surface area contributed by atoms with Gasteiger partial charge in [-0.1, -0.05) is 0 Å². The van der Waals surface area contributed by atoms with Gasteiger partial charge in [0.15, 0.2) is 10.8 Å². The van der Waals surface area contributed by atoms with E-state index in [1.54, 1.807) is 30.2 Å². The normalized spacial score (nSPS) is 10.6. The summed E-state index contributed by atoms with van der Waals surface area (Å²) in [6, 6.07) is 5.50. The number of carbonyl (C=O) groups excluding carboxylic acids is 1. The van der Waals surface area contributed by atoms with E-state index in [0.717, 1.165) is 17.0 Å². The second-order valence-corrected chi connectivity index (χ2v) is 5.38. The van der Waals surface area contributed by atoms with E-state index in [1.807, 2.05) is 24.4 Å². The van der Waals surface area contributed by atoms with Crippen molar-refractivity contribution in [2.24, 2.45) is 7.05 Å². The van der Waals surface area contributed by atoms with Gasteiger partial charge in [0.25, 0.3) is 5.91 Å². The van der Waals surface area contributed by atoms with Crippen LogP contribution in [0.25, 0.3) is 11.3 Å². The molecule has 0 aliphatic carbocycles. The number of nitrogens with one attached hydrogen (secondary N) is 1. The summed E-state index contributed by atoms with van der Waals surface area (Å²) in [6.07, 6.45) is 3.42. The second-order valence-electron chi connectivity index (χ2n) is 4.52. The third-order valence-corrected chi connectivity index (χ3v) is 3.80. The van der Waals surface area contributed by atoms with Crippen molar-refractivity contribution in [2.45, 2.75) is 6.92 Å². The van der Waals surface area contributed by atoms with Crippen LogP contribution in [0.5, 0.6) is 0 Å². The molecule has 0 aromatic carbocycles. The van der Waals surface area contributed by atoms with E-state index in [4.69, 9.17) is 0 Å². The van der Waals surface area contributed by atoms with Crippen LogP contribution in [-0.4, -0.2) is 25.7 Å². The zero-order valence-electron chi connectivity index (χ0n) is 11.6. The second kappa shape index (κ2) is 5.45. The molecule has 0 saturated heterocycles. The number of pyridine rings is 1. The Morgan fingerprint density at radius 2 is 2.10 bits per heavy atom. The fourth-order valence-electron chi connectivity index (χ4n) is 1.82. The zero-order valence-corrected chi connectivity index (χ0v) is 12.4. The molecule has 3 aromatic rings. The molecule has 1 amide bonds. The van der Waals surface area contributed by atoms with Crippen molar-refractivity contribution in [2.75, 3.05) is 5.32 Å². The molecule has 0 fully saturated rings. The lowest BCUT2D eigenvalue weighted by atomic mass is 10.2. The van der Waals surface area contributed by atoms with Crippen LogP contribution < -0.4 is 5.32 Å². The molecule has 0 bridgehead atoms. The molecule has 0 spiro atoms. The van der Waals surface area contributed by atoms with E-state index in [2.05, 4.69) is 20.4 Å². The number of hydrogen-bond donors (Lipinski definition) is 1. The number of carbonyl (C=O) groups is 1. The van der Waals surface area contributed by atoms with Gasteiger partial charge >= 0.3 is 0 Å². The molecule has 21 heavy (non-hydrogen) atoms. The summed E-state index contributed by atoms with van der Waals surface area (Å²) < 4.78 is 1.67. The first-order chi connectivity index (χ1) is 10.1. The van der Waals surface area contributed by atoms with Gasteiger partial charge in [0, 0.05) is 36.1 Å². The molecular formula is C14H13N5OS. The molecule has 3 rings (SSSR count). The van der Waals surface area contributed by atoms with E-state index in [9.17, 15) is 4.79 Å². The van der Waals surface area contributed by atoms with E-state index in [0.29, 0.717) is 10.8 Å². The minimum Gasteiger partial charge on any atom is -0.296 e. The van der Waals surface area contributed by atoms with Gasteiger partial charge in [0.1, 0.15) is 0 Å². The number of aryl methyl sites for hydroxylation is 2. The van der Waals surface area contributed by atoms with Crippen molar-refractivity contribution in [3.05, 3.63) is 47.4 Å². The number of amides is 1. The van der Waals surface area contributed by atoms with E-state index in [-0.39, 0.29) is 5.91 Å². The lowest BCUT2D eigenvalue weighted by molar-refractivity contribution is 0.102. The van der Waals surface area contributed by atoms with Crippen molar-refractivity contribution in [3.8, 4) is 11.3 Å². The first-order valence-electron chi connectivity index (χ1n) is 6.31.